The molecule has 27 heavy (non-hydrogen) atoms. The van der Waals surface area contributed by atoms with E-state index >= 15 is 0 Å². The number of aromatic nitrogens is 1. The van der Waals surface area contributed by atoms with Gasteiger partial charge in [-0.05, 0) is 60.5 Å². The van der Waals surface area contributed by atoms with E-state index in [0.717, 1.165) is 24.3 Å². The first-order chi connectivity index (χ1) is 12.9. The number of alkyl halides is 3. The van der Waals surface area contributed by atoms with E-state index in [0.29, 0.717) is 16.9 Å². The summed E-state index contributed by atoms with van der Waals surface area (Å²) in [5, 5.41) is 2.65. The summed E-state index contributed by atoms with van der Waals surface area (Å²) in [7, 11) is 0. The molecule has 0 unspecified atom stereocenters. The number of halogens is 3. The Labute approximate surface area is 153 Å². The smallest absolute Gasteiger partial charge is 0.322 e. The molecule has 1 aromatic heterocycles. The van der Waals surface area contributed by atoms with E-state index in [1.807, 2.05) is 6.07 Å². The molecule has 6 heteroatoms. The summed E-state index contributed by atoms with van der Waals surface area (Å²) < 4.78 is 37.8. The van der Waals surface area contributed by atoms with Crippen LogP contribution in [-0.4, -0.2) is 10.9 Å². The first-order valence-corrected chi connectivity index (χ1v) is 7.93. The van der Waals surface area contributed by atoms with Gasteiger partial charge in [0.15, 0.2) is 0 Å². The lowest BCUT2D eigenvalue weighted by atomic mass is 10.1. The first-order valence-electron chi connectivity index (χ1n) is 7.93. The van der Waals surface area contributed by atoms with Crippen molar-refractivity contribution < 1.29 is 18.0 Å². The fraction of sp³-hybridized carbons (Fsp3) is 0.0476. The van der Waals surface area contributed by atoms with Gasteiger partial charge in [-0.25, -0.2) is 4.98 Å². The van der Waals surface area contributed by atoms with Gasteiger partial charge in [-0.1, -0.05) is 18.1 Å². The van der Waals surface area contributed by atoms with Crippen LogP contribution < -0.4 is 5.32 Å². The summed E-state index contributed by atoms with van der Waals surface area (Å²) in [4.78, 5) is 16.3. The average Bonchev–Trinajstić information content (AvgIpc) is 2.67. The maximum Gasteiger partial charge on any atom is 0.416 e. The largest absolute Gasteiger partial charge is 0.416 e. The minimum atomic E-state index is -4.43. The third-order valence-corrected chi connectivity index (χ3v) is 3.59. The highest BCUT2D eigenvalue weighted by Gasteiger charge is 2.30. The van der Waals surface area contributed by atoms with Crippen molar-refractivity contribution in [3.63, 3.8) is 0 Å². The number of hydrogen-bond donors (Lipinski definition) is 1. The third-order valence-electron chi connectivity index (χ3n) is 3.59. The summed E-state index contributed by atoms with van der Waals surface area (Å²) in [6.07, 6.45) is -2.79. The number of benzene rings is 2. The van der Waals surface area contributed by atoms with E-state index in [9.17, 15) is 18.0 Å². The summed E-state index contributed by atoms with van der Waals surface area (Å²) in [6, 6.07) is 16.3. The number of pyridine rings is 1. The Balaban J connectivity index is 1.72. The van der Waals surface area contributed by atoms with E-state index in [-0.39, 0.29) is 5.56 Å². The van der Waals surface area contributed by atoms with E-state index in [1.54, 1.807) is 42.6 Å². The van der Waals surface area contributed by atoms with E-state index in [4.69, 9.17) is 0 Å². The monoisotopic (exact) mass is 366 g/mol. The SMILES string of the molecule is O=C(Nc1cccc(C#Cc2ccccn2)c1)c1ccc(C(F)(F)F)cc1. The molecule has 0 saturated heterocycles. The molecule has 0 aliphatic rings. The van der Waals surface area contributed by atoms with Crippen LogP contribution in [0.2, 0.25) is 0 Å². The normalized spacial score (nSPS) is 10.6. The number of nitrogens with zero attached hydrogens (tertiary/aromatic N) is 1. The van der Waals surface area contributed by atoms with Crippen molar-refractivity contribution in [3.8, 4) is 11.8 Å². The third kappa shape index (κ3) is 4.95. The molecule has 0 bridgehead atoms. The van der Waals surface area contributed by atoms with Gasteiger partial charge in [-0.3, -0.25) is 4.79 Å². The zero-order chi connectivity index (χ0) is 19.3. The van der Waals surface area contributed by atoms with Gasteiger partial charge in [0, 0.05) is 23.0 Å². The standard InChI is InChI=1S/C21H13F3N2O/c22-21(23,24)17-10-8-16(9-11-17)20(27)26-19-6-3-4-15(14-19)7-12-18-5-1-2-13-25-18/h1-6,8-11,13-14H,(H,26,27). The van der Waals surface area contributed by atoms with Crippen molar-refractivity contribution in [2.75, 3.05) is 5.32 Å². The number of nitrogens with one attached hydrogen (secondary N) is 1. The molecule has 134 valence electrons. The van der Waals surface area contributed by atoms with Crippen LogP contribution in [0.5, 0.6) is 0 Å². The number of carbonyl (C=O) groups excluding carboxylic acids is 1. The molecule has 0 spiro atoms. The molecule has 0 aliphatic heterocycles. The van der Waals surface area contributed by atoms with Gasteiger partial charge < -0.3 is 5.32 Å². The topological polar surface area (TPSA) is 42.0 Å². The number of anilines is 1. The summed E-state index contributed by atoms with van der Waals surface area (Å²) >= 11 is 0. The number of hydrogen-bond acceptors (Lipinski definition) is 2. The zero-order valence-electron chi connectivity index (χ0n) is 13.9. The predicted octanol–water partition coefficient (Wildman–Crippen LogP) is 4.75. The Hall–Kier alpha value is -3.59. The summed E-state index contributed by atoms with van der Waals surface area (Å²) in [5.74, 6) is 5.36. The van der Waals surface area contributed by atoms with E-state index in [1.165, 1.54) is 0 Å². The highest BCUT2D eigenvalue weighted by molar-refractivity contribution is 6.04. The van der Waals surface area contributed by atoms with Gasteiger partial charge in [0.25, 0.3) is 5.91 Å². The second kappa shape index (κ2) is 7.75. The van der Waals surface area contributed by atoms with Crippen LogP contribution in [0.1, 0.15) is 27.2 Å². The number of rotatable bonds is 2. The Kier molecular flexibility index (Phi) is 5.23. The van der Waals surface area contributed by atoms with Gasteiger partial charge in [0.1, 0.15) is 5.69 Å². The van der Waals surface area contributed by atoms with Crippen LogP contribution in [0, 0.1) is 11.8 Å². The van der Waals surface area contributed by atoms with Crippen molar-refractivity contribution in [3.05, 3.63) is 95.3 Å². The van der Waals surface area contributed by atoms with Gasteiger partial charge in [-0.15, -0.1) is 0 Å². The minimum Gasteiger partial charge on any atom is -0.322 e. The molecule has 2 aromatic carbocycles. The maximum atomic E-state index is 12.6. The zero-order valence-corrected chi connectivity index (χ0v) is 13.9. The number of carbonyl (C=O) groups is 1. The van der Waals surface area contributed by atoms with Crippen LogP contribution in [-0.2, 0) is 6.18 Å². The molecule has 3 nitrogen and oxygen atoms in total. The van der Waals surface area contributed by atoms with Crippen LogP contribution >= 0.6 is 0 Å². The Morgan fingerprint density at radius 2 is 1.70 bits per heavy atom. The molecule has 0 fully saturated rings. The first kappa shape index (κ1) is 18.2. The summed E-state index contributed by atoms with van der Waals surface area (Å²) in [5.41, 5.74) is 1.12. The molecule has 0 atom stereocenters. The molecule has 0 aliphatic carbocycles. The van der Waals surface area contributed by atoms with Crippen molar-refractivity contribution >= 4 is 11.6 Å². The second-order valence-electron chi connectivity index (χ2n) is 5.58. The van der Waals surface area contributed by atoms with Crippen LogP contribution in [0.3, 0.4) is 0 Å². The molecule has 0 radical (unpaired) electrons. The van der Waals surface area contributed by atoms with Crippen LogP contribution in [0.4, 0.5) is 18.9 Å². The Bertz CT molecular complexity index is 1000. The number of amides is 1. The highest BCUT2D eigenvalue weighted by atomic mass is 19.4. The van der Waals surface area contributed by atoms with Crippen molar-refractivity contribution in [1.29, 1.82) is 0 Å². The van der Waals surface area contributed by atoms with Crippen molar-refractivity contribution in [1.82, 2.24) is 4.98 Å². The lowest BCUT2D eigenvalue weighted by Crippen LogP contribution is -2.12. The maximum absolute atomic E-state index is 12.6. The fourth-order valence-electron chi connectivity index (χ4n) is 2.26. The lowest BCUT2D eigenvalue weighted by Gasteiger charge is -2.08. The average molecular weight is 366 g/mol. The molecule has 1 heterocycles. The van der Waals surface area contributed by atoms with Gasteiger partial charge >= 0.3 is 6.18 Å². The van der Waals surface area contributed by atoms with Crippen molar-refractivity contribution in [2.24, 2.45) is 0 Å². The molecule has 0 saturated carbocycles. The second-order valence-corrected chi connectivity index (χ2v) is 5.58. The van der Waals surface area contributed by atoms with Gasteiger partial charge in [0.05, 0.1) is 5.56 Å². The molecule has 3 rings (SSSR count). The molecular weight excluding hydrogens is 353 g/mol. The summed E-state index contributed by atoms with van der Waals surface area (Å²) in [6.45, 7) is 0. The van der Waals surface area contributed by atoms with Crippen LogP contribution in [0.25, 0.3) is 0 Å². The Morgan fingerprint density at radius 1 is 0.926 bits per heavy atom. The Morgan fingerprint density at radius 3 is 2.37 bits per heavy atom. The van der Waals surface area contributed by atoms with E-state index in [2.05, 4.69) is 22.1 Å². The quantitative estimate of drug-likeness (QED) is 0.665. The molecular formula is C21H13F3N2O. The fourth-order valence-corrected chi connectivity index (χ4v) is 2.26. The highest BCUT2D eigenvalue weighted by Crippen LogP contribution is 2.29. The van der Waals surface area contributed by atoms with Gasteiger partial charge in [-0.2, -0.15) is 13.2 Å². The molecule has 1 N–H and O–H groups in total. The lowest BCUT2D eigenvalue weighted by molar-refractivity contribution is -0.137. The van der Waals surface area contributed by atoms with E-state index < -0.39 is 17.6 Å². The predicted molar refractivity (Wildman–Crippen MR) is 96.1 cm³/mol. The van der Waals surface area contributed by atoms with Gasteiger partial charge in [0.2, 0.25) is 0 Å². The van der Waals surface area contributed by atoms with Crippen molar-refractivity contribution in [2.45, 2.75) is 6.18 Å². The molecule has 1 amide bonds. The van der Waals surface area contributed by atoms with Crippen LogP contribution in [0.15, 0.2) is 72.9 Å². The molecule has 3 aromatic rings. The minimum absolute atomic E-state index is 0.132.